The summed E-state index contributed by atoms with van der Waals surface area (Å²) in [6, 6.07) is 0. The predicted molar refractivity (Wildman–Crippen MR) is 87.0 cm³/mol. The Morgan fingerprint density at radius 1 is 1.24 bits per heavy atom. The third-order valence-electron chi connectivity index (χ3n) is 3.19. The van der Waals surface area contributed by atoms with E-state index < -0.39 is 49.4 Å². The van der Waals surface area contributed by atoms with Gasteiger partial charge in [0.05, 0.1) is 12.7 Å². The van der Waals surface area contributed by atoms with Crippen molar-refractivity contribution in [3.05, 3.63) is 32.6 Å². The molecule has 0 amide bonds. The fraction of sp³-hybridized carbons (Fsp3) is 0.600. The SMILES string of the molecule is Cc1cn(C2CCC(COP(O)OP(O)OP(O)O)O2)c(=O)[nH]c1=O. The topological polar surface area (TPSA) is 173 Å². The van der Waals surface area contributed by atoms with Crippen molar-refractivity contribution in [2.75, 3.05) is 6.61 Å². The first-order valence-electron chi connectivity index (χ1n) is 6.88. The maximum Gasteiger partial charge on any atom is 0.344 e. The van der Waals surface area contributed by atoms with Gasteiger partial charge in [-0.3, -0.25) is 14.3 Å². The zero-order valence-electron chi connectivity index (χ0n) is 12.9. The highest BCUT2D eigenvalue weighted by molar-refractivity contribution is 7.60. The van der Waals surface area contributed by atoms with Gasteiger partial charge >= 0.3 is 31.5 Å². The third kappa shape index (κ3) is 6.39. The molecule has 0 aliphatic carbocycles. The van der Waals surface area contributed by atoms with E-state index in [4.69, 9.17) is 23.9 Å². The van der Waals surface area contributed by atoms with Gasteiger partial charge in [-0.15, -0.1) is 0 Å². The average Bonchev–Trinajstić information content (AvgIpc) is 2.96. The van der Waals surface area contributed by atoms with E-state index in [-0.39, 0.29) is 6.61 Å². The van der Waals surface area contributed by atoms with Crippen LogP contribution in [0.15, 0.2) is 15.8 Å². The van der Waals surface area contributed by atoms with Crippen LogP contribution < -0.4 is 11.2 Å². The van der Waals surface area contributed by atoms with E-state index in [1.807, 2.05) is 0 Å². The molecule has 25 heavy (non-hydrogen) atoms. The van der Waals surface area contributed by atoms with Crippen LogP contribution in [-0.4, -0.2) is 41.8 Å². The quantitative estimate of drug-likeness (QED) is 0.368. The number of ether oxygens (including phenoxy) is 1. The van der Waals surface area contributed by atoms with Crippen molar-refractivity contribution in [1.82, 2.24) is 9.55 Å². The van der Waals surface area contributed by atoms with E-state index in [9.17, 15) is 14.5 Å². The van der Waals surface area contributed by atoms with E-state index in [1.165, 1.54) is 10.8 Å². The van der Waals surface area contributed by atoms with Gasteiger partial charge in [0.15, 0.2) is 0 Å². The van der Waals surface area contributed by atoms with Crippen LogP contribution in [0.5, 0.6) is 0 Å². The molecule has 1 aromatic heterocycles. The first-order chi connectivity index (χ1) is 11.8. The molecule has 1 fully saturated rings. The highest BCUT2D eigenvalue weighted by Crippen LogP contribution is 2.55. The zero-order chi connectivity index (χ0) is 18.6. The molecule has 0 saturated carbocycles. The lowest BCUT2D eigenvalue weighted by molar-refractivity contribution is -0.0215. The molecule has 1 saturated heterocycles. The number of aryl methyl sites for hydroxylation is 1. The maximum absolute atomic E-state index is 11.8. The van der Waals surface area contributed by atoms with Gasteiger partial charge in [-0.1, -0.05) is 0 Å². The van der Waals surface area contributed by atoms with Gasteiger partial charge in [0, 0.05) is 11.8 Å². The second-order valence-electron chi connectivity index (χ2n) is 4.96. The predicted octanol–water partition coefficient (Wildman–Crippen LogP) is 0.222. The number of H-pyrrole nitrogens is 1. The molecule has 0 aromatic carbocycles. The molecule has 12 nitrogen and oxygen atoms in total. The number of aromatic amines is 1. The van der Waals surface area contributed by atoms with Crippen molar-refractivity contribution >= 4 is 25.8 Å². The minimum Gasteiger partial charge on any atom is -0.352 e. The first kappa shape index (κ1) is 21.0. The summed E-state index contributed by atoms with van der Waals surface area (Å²) in [7, 11) is -7.99. The summed E-state index contributed by atoms with van der Waals surface area (Å²) in [5.41, 5.74) is -0.666. The largest absolute Gasteiger partial charge is 0.352 e. The zero-order valence-corrected chi connectivity index (χ0v) is 15.6. The molecular weight excluding hydrogens is 401 g/mol. The molecule has 0 radical (unpaired) electrons. The summed E-state index contributed by atoms with van der Waals surface area (Å²) in [5.74, 6) is 0. The Labute approximate surface area is 144 Å². The first-order valence-corrected chi connectivity index (χ1v) is 10.3. The number of nitrogens with one attached hydrogen (secondary N) is 1. The van der Waals surface area contributed by atoms with Crippen molar-refractivity contribution < 1.29 is 37.5 Å². The van der Waals surface area contributed by atoms with Gasteiger partial charge in [-0.05, 0) is 19.8 Å². The Balaban J connectivity index is 1.82. The molecule has 1 aromatic rings. The molecule has 4 atom stereocenters. The van der Waals surface area contributed by atoms with Crippen LogP contribution in [0.4, 0.5) is 0 Å². The normalized spacial score (nSPS) is 23.1. The Hall–Kier alpha value is -0.350. The molecule has 0 bridgehead atoms. The minimum absolute atomic E-state index is 0.0774. The van der Waals surface area contributed by atoms with Gasteiger partial charge in [0.25, 0.3) is 5.56 Å². The summed E-state index contributed by atoms with van der Waals surface area (Å²) in [6.45, 7) is 1.49. The number of rotatable bonds is 8. The van der Waals surface area contributed by atoms with Gasteiger partial charge in [-0.25, -0.2) is 13.4 Å². The lowest BCUT2D eigenvalue weighted by atomic mass is 10.2. The number of aromatic nitrogens is 2. The minimum atomic E-state index is -2.81. The summed E-state index contributed by atoms with van der Waals surface area (Å²) < 4.78 is 20.6. The maximum atomic E-state index is 11.8. The Bertz CT molecular complexity index is 682. The molecule has 4 unspecified atom stereocenters. The smallest absolute Gasteiger partial charge is 0.344 e. The van der Waals surface area contributed by atoms with Crippen LogP contribution in [0.25, 0.3) is 0 Å². The van der Waals surface area contributed by atoms with Crippen LogP contribution in [0.3, 0.4) is 0 Å². The molecule has 15 heteroatoms. The monoisotopic (exact) mass is 418 g/mol. The summed E-state index contributed by atoms with van der Waals surface area (Å²) in [6.07, 6.45) is 1.42. The third-order valence-corrected chi connectivity index (χ3v) is 5.83. The molecule has 142 valence electrons. The number of nitrogens with zero attached hydrogens (tertiary/aromatic N) is 1. The van der Waals surface area contributed by atoms with Crippen LogP contribution in [0.1, 0.15) is 24.6 Å². The Kier molecular flexibility index (Phi) is 8.00. The second kappa shape index (κ2) is 9.55. The van der Waals surface area contributed by atoms with E-state index >= 15 is 0 Å². The average molecular weight is 418 g/mol. The highest BCUT2D eigenvalue weighted by atomic mass is 31.3. The van der Waals surface area contributed by atoms with Crippen molar-refractivity contribution in [3.8, 4) is 0 Å². The molecule has 2 heterocycles. The van der Waals surface area contributed by atoms with Crippen molar-refractivity contribution in [3.63, 3.8) is 0 Å². The van der Waals surface area contributed by atoms with Crippen LogP contribution in [0.2, 0.25) is 0 Å². The Morgan fingerprint density at radius 3 is 2.64 bits per heavy atom. The summed E-state index contributed by atoms with van der Waals surface area (Å²) >= 11 is 0. The van der Waals surface area contributed by atoms with Gasteiger partial charge in [0.2, 0.25) is 0 Å². The van der Waals surface area contributed by atoms with Gasteiger partial charge in [-0.2, -0.15) is 0 Å². The van der Waals surface area contributed by atoms with Crippen molar-refractivity contribution in [1.29, 1.82) is 0 Å². The van der Waals surface area contributed by atoms with Crippen molar-refractivity contribution in [2.45, 2.75) is 32.1 Å². The molecular formula is C10H17N2O10P3. The molecule has 0 spiro atoms. The highest BCUT2D eigenvalue weighted by Gasteiger charge is 2.29. The van der Waals surface area contributed by atoms with E-state index in [0.717, 1.165) is 0 Å². The number of hydrogen-bond donors (Lipinski definition) is 5. The Morgan fingerprint density at radius 2 is 1.96 bits per heavy atom. The van der Waals surface area contributed by atoms with Crippen LogP contribution in [-0.2, 0) is 17.9 Å². The van der Waals surface area contributed by atoms with Crippen LogP contribution >= 0.6 is 25.8 Å². The summed E-state index contributed by atoms with van der Waals surface area (Å²) in [5, 5.41) is 0. The number of hydrogen-bond acceptors (Lipinski definition) is 10. The lowest BCUT2D eigenvalue weighted by Gasteiger charge is -2.18. The summed E-state index contributed by atoms with van der Waals surface area (Å²) in [4.78, 5) is 61.1. The lowest BCUT2D eigenvalue weighted by Crippen LogP contribution is -2.33. The fourth-order valence-corrected chi connectivity index (χ4v) is 3.97. The standard InChI is InChI=1S/C10H17N2O10P3/c1-6-4-12(10(14)11-9(6)13)8-3-2-7(20-8)5-19-24(17)22-25(18)21-23(15)16/h4,7-8,15-18H,2-3,5H2,1H3,(H,11,13,14). The molecule has 2 rings (SSSR count). The van der Waals surface area contributed by atoms with Crippen molar-refractivity contribution in [2.24, 2.45) is 0 Å². The van der Waals surface area contributed by atoms with E-state index in [1.54, 1.807) is 6.92 Å². The van der Waals surface area contributed by atoms with E-state index in [2.05, 4.69) is 13.6 Å². The fourth-order valence-electron chi connectivity index (χ4n) is 2.12. The van der Waals surface area contributed by atoms with E-state index in [0.29, 0.717) is 18.4 Å². The van der Waals surface area contributed by atoms with Gasteiger partial charge < -0.3 is 28.8 Å². The van der Waals surface area contributed by atoms with Crippen LogP contribution in [0, 0.1) is 6.92 Å². The van der Waals surface area contributed by atoms with Gasteiger partial charge in [0.1, 0.15) is 6.23 Å². The molecule has 1 aliphatic rings. The second-order valence-corrected chi connectivity index (χ2v) is 7.98. The molecule has 1 aliphatic heterocycles. The molecule has 5 N–H and O–H groups in total.